The summed E-state index contributed by atoms with van der Waals surface area (Å²) >= 11 is 1.53. The van der Waals surface area contributed by atoms with Crippen molar-refractivity contribution in [3.63, 3.8) is 0 Å². The van der Waals surface area contributed by atoms with Gasteiger partial charge in [0.2, 0.25) is 0 Å². The van der Waals surface area contributed by atoms with Crippen LogP contribution in [0.15, 0.2) is 46.0 Å². The van der Waals surface area contributed by atoms with Gasteiger partial charge in [-0.15, -0.1) is 10.2 Å². The number of thioether (sulfide) groups is 1. The second-order valence-corrected chi connectivity index (χ2v) is 5.37. The fourth-order valence-electron chi connectivity index (χ4n) is 1.76. The highest BCUT2D eigenvalue weighted by Crippen LogP contribution is 2.25. The molecular formula is C14H14N4OS. The zero-order valence-corrected chi connectivity index (χ0v) is 12.1. The number of hydrogen-bond donors (Lipinski definition) is 0. The maximum absolute atomic E-state index is 5.62. The van der Waals surface area contributed by atoms with Crippen molar-refractivity contribution in [2.75, 3.05) is 0 Å². The van der Waals surface area contributed by atoms with E-state index >= 15 is 0 Å². The van der Waals surface area contributed by atoms with Crippen LogP contribution in [0, 0.1) is 6.92 Å². The van der Waals surface area contributed by atoms with Crippen molar-refractivity contribution < 1.29 is 4.42 Å². The summed E-state index contributed by atoms with van der Waals surface area (Å²) in [6.45, 7) is 1.98. The third-order valence-corrected chi connectivity index (χ3v) is 3.83. The molecule has 0 amide bonds. The number of aromatic nitrogens is 4. The van der Waals surface area contributed by atoms with Crippen LogP contribution in [-0.2, 0) is 12.8 Å². The van der Waals surface area contributed by atoms with Gasteiger partial charge in [-0.3, -0.25) is 4.68 Å². The summed E-state index contributed by atoms with van der Waals surface area (Å²) in [5.74, 6) is 1.27. The minimum absolute atomic E-state index is 0.462. The minimum Gasteiger partial charge on any atom is -0.410 e. The van der Waals surface area contributed by atoms with Crippen molar-refractivity contribution in [3.05, 3.63) is 47.7 Å². The average molecular weight is 286 g/mol. The van der Waals surface area contributed by atoms with Gasteiger partial charge in [-0.25, -0.2) is 0 Å². The molecule has 6 heteroatoms. The zero-order chi connectivity index (χ0) is 13.9. The van der Waals surface area contributed by atoms with Gasteiger partial charge >= 0.3 is 0 Å². The molecule has 2 aromatic heterocycles. The molecule has 0 atom stereocenters. The monoisotopic (exact) mass is 286 g/mol. The first kappa shape index (κ1) is 12.9. The Morgan fingerprint density at radius 1 is 1.20 bits per heavy atom. The van der Waals surface area contributed by atoms with Crippen LogP contribution in [0.25, 0.3) is 11.6 Å². The normalized spacial score (nSPS) is 10.9. The summed E-state index contributed by atoms with van der Waals surface area (Å²) in [7, 11) is 1.89. The molecule has 0 spiro atoms. The smallest absolute Gasteiger partial charge is 0.277 e. The van der Waals surface area contributed by atoms with E-state index < -0.39 is 0 Å². The van der Waals surface area contributed by atoms with Gasteiger partial charge in [0.25, 0.3) is 11.1 Å². The minimum atomic E-state index is 0.462. The summed E-state index contributed by atoms with van der Waals surface area (Å²) in [5.41, 5.74) is 2.99. The van der Waals surface area contributed by atoms with Gasteiger partial charge in [0.1, 0.15) is 5.69 Å². The Morgan fingerprint density at radius 2 is 2.00 bits per heavy atom. The first-order chi connectivity index (χ1) is 9.72. The van der Waals surface area contributed by atoms with Gasteiger partial charge in [-0.1, -0.05) is 42.1 Å². The quantitative estimate of drug-likeness (QED) is 0.690. The van der Waals surface area contributed by atoms with Gasteiger partial charge in [0, 0.05) is 18.5 Å². The fourth-order valence-corrected chi connectivity index (χ4v) is 2.48. The lowest BCUT2D eigenvalue weighted by Gasteiger charge is -1.96. The molecule has 0 aliphatic carbocycles. The van der Waals surface area contributed by atoms with E-state index in [0.717, 1.165) is 11.4 Å². The summed E-state index contributed by atoms with van der Waals surface area (Å²) in [5, 5.41) is 13.0. The SMILES string of the molecule is Cc1cc(-c2nnc(SCc3ccccc3)o2)nn1C. The number of nitrogens with zero attached hydrogens (tertiary/aromatic N) is 4. The number of aryl methyl sites for hydroxylation is 2. The molecule has 3 rings (SSSR count). The standard InChI is InChI=1S/C14H14N4OS/c1-10-8-12(17-18(10)2)13-15-16-14(19-13)20-9-11-6-4-3-5-7-11/h3-8H,9H2,1-2H3. The highest BCUT2D eigenvalue weighted by Gasteiger charge is 2.12. The van der Waals surface area contributed by atoms with E-state index in [0.29, 0.717) is 16.8 Å². The van der Waals surface area contributed by atoms with Crippen LogP contribution in [0.4, 0.5) is 0 Å². The third kappa shape index (κ3) is 2.75. The topological polar surface area (TPSA) is 56.7 Å². The summed E-state index contributed by atoms with van der Waals surface area (Å²) in [4.78, 5) is 0. The lowest BCUT2D eigenvalue weighted by molar-refractivity contribution is 0.464. The molecule has 20 heavy (non-hydrogen) atoms. The Hall–Kier alpha value is -2.08. The molecule has 0 aliphatic rings. The molecule has 0 N–H and O–H groups in total. The third-order valence-electron chi connectivity index (χ3n) is 2.94. The highest BCUT2D eigenvalue weighted by molar-refractivity contribution is 7.98. The van der Waals surface area contributed by atoms with Gasteiger partial charge in [0.15, 0.2) is 0 Å². The Morgan fingerprint density at radius 3 is 2.70 bits per heavy atom. The molecule has 0 radical (unpaired) electrons. The Labute approximate surface area is 121 Å². The lowest BCUT2D eigenvalue weighted by Crippen LogP contribution is -1.92. The van der Waals surface area contributed by atoms with E-state index in [1.807, 2.05) is 38.2 Å². The van der Waals surface area contributed by atoms with Crippen LogP contribution >= 0.6 is 11.8 Å². The van der Waals surface area contributed by atoms with Gasteiger partial charge in [0.05, 0.1) is 0 Å². The van der Waals surface area contributed by atoms with Crippen molar-refractivity contribution >= 4 is 11.8 Å². The van der Waals surface area contributed by atoms with Crippen LogP contribution < -0.4 is 0 Å². The summed E-state index contributed by atoms with van der Waals surface area (Å²) in [6.07, 6.45) is 0. The van der Waals surface area contributed by atoms with Crippen molar-refractivity contribution in [1.82, 2.24) is 20.0 Å². The maximum atomic E-state index is 5.62. The van der Waals surface area contributed by atoms with Crippen molar-refractivity contribution in [3.8, 4) is 11.6 Å². The van der Waals surface area contributed by atoms with E-state index in [4.69, 9.17) is 4.42 Å². The molecule has 0 fully saturated rings. The molecule has 0 saturated heterocycles. The highest BCUT2D eigenvalue weighted by atomic mass is 32.2. The molecule has 3 aromatic rings. The molecular weight excluding hydrogens is 272 g/mol. The van der Waals surface area contributed by atoms with Gasteiger partial charge in [-0.05, 0) is 18.6 Å². The average Bonchev–Trinajstić information content (AvgIpc) is 3.06. The second kappa shape index (κ2) is 5.50. The molecule has 102 valence electrons. The predicted octanol–water partition coefficient (Wildman–Crippen LogP) is 3.07. The summed E-state index contributed by atoms with van der Waals surface area (Å²) in [6, 6.07) is 12.1. The Balaban J connectivity index is 1.71. The van der Waals surface area contributed by atoms with E-state index in [1.165, 1.54) is 17.3 Å². The number of benzene rings is 1. The Kier molecular flexibility index (Phi) is 3.56. The molecule has 0 saturated carbocycles. The fraction of sp³-hybridized carbons (Fsp3) is 0.214. The van der Waals surface area contributed by atoms with Crippen molar-refractivity contribution in [1.29, 1.82) is 0 Å². The molecule has 5 nitrogen and oxygen atoms in total. The van der Waals surface area contributed by atoms with E-state index in [-0.39, 0.29) is 0 Å². The van der Waals surface area contributed by atoms with Gasteiger partial charge < -0.3 is 4.42 Å². The molecule has 2 heterocycles. The first-order valence-corrected chi connectivity index (χ1v) is 7.22. The molecule has 0 bridgehead atoms. The maximum Gasteiger partial charge on any atom is 0.277 e. The molecule has 0 aliphatic heterocycles. The Bertz CT molecular complexity index is 686. The van der Waals surface area contributed by atoms with Crippen molar-refractivity contribution in [2.24, 2.45) is 7.05 Å². The van der Waals surface area contributed by atoms with Crippen LogP contribution in [0.3, 0.4) is 0 Å². The molecule has 0 unspecified atom stereocenters. The van der Waals surface area contributed by atoms with Crippen LogP contribution in [-0.4, -0.2) is 20.0 Å². The number of hydrogen-bond acceptors (Lipinski definition) is 5. The van der Waals surface area contributed by atoms with E-state index in [1.54, 1.807) is 4.68 Å². The molecule has 1 aromatic carbocycles. The second-order valence-electron chi connectivity index (χ2n) is 4.44. The van der Waals surface area contributed by atoms with E-state index in [9.17, 15) is 0 Å². The van der Waals surface area contributed by atoms with Crippen molar-refractivity contribution in [2.45, 2.75) is 17.9 Å². The van der Waals surface area contributed by atoms with Crippen LogP contribution in [0.2, 0.25) is 0 Å². The predicted molar refractivity (Wildman–Crippen MR) is 77.2 cm³/mol. The first-order valence-electron chi connectivity index (χ1n) is 6.23. The van der Waals surface area contributed by atoms with E-state index in [2.05, 4.69) is 27.4 Å². The zero-order valence-electron chi connectivity index (χ0n) is 11.3. The van der Waals surface area contributed by atoms with Crippen LogP contribution in [0.5, 0.6) is 0 Å². The largest absolute Gasteiger partial charge is 0.410 e. The number of rotatable bonds is 4. The van der Waals surface area contributed by atoms with Gasteiger partial charge in [-0.2, -0.15) is 5.10 Å². The lowest BCUT2D eigenvalue weighted by atomic mass is 10.2. The van der Waals surface area contributed by atoms with Crippen LogP contribution in [0.1, 0.15) is 11.3 Å². The summed E-state index contributed by atoms with van der Waals surface area (Å²) < 4.78 is 7.41.